The van der Waals surface area contributed by atoms with E-state index in [0.29, 0.717) is 0 Å². The molecule has 0 aliphatic rings. The summed E-state index contributed by atoms with van der Waals surface area (Å²) in [4.78, 5) is 0. The Morgan fingerprint density at radius 3 is 1.36 bits per heavy atom. The van der Waals surface area contributed by atoms with Crippen LogP contribution >= 0.6 is 6.17 Å². The number of rotatable bonds is 2. The van der Waals surface area contributed by atoms with E-state index in [-0.39, 0.29) is 0 Å². The van der Waals surface area contributed by atoms with Crippen LogP contribution in [0.4, 0.5) is 0 Å². The Bertz CT molecular complexity index is 381. The van der Waals surface area contributed by atoms with Gasteiger partial charge in [-0.2, -0.15) is 0 Å². The maximum absolute atomic E-state index is 3.31. The van der Waals surface area contributed by atoms with Crippen LogP contribution in [-0.2, 0) is 0 Å². The van der Waals surface area contributed by atoms with Gasteiger partial charge in [0.1, 0.15) is 0 Å². The minimum atomic E-state index is -0.670. The summed E-state index contributed by atoms with van der Waals surface area (Å²) in [5.41, 5.74) is 0. The Labute approximate surface area is 92.6 Å². The topological polar surface area (TPSA) is 0 Å². The first kappa shape index (κ1) is 9.93. The van der Waals surface area contributed by atoms with Gasteiger partial charge in [-0.1, -0.05) is 0 Å². The molecule has 0 aliphatic carbocycles. The van der Waals surface area contributed by atoms with Gasteiger partial charge in [0.05, 0.1) is 0 Å². The van der Waals surface area contributed by atoms with Crippen LogP contribution in [0.3, 0.4) is 0 Å². The van der Waals surface area contributed by atoms with Crippen molar-refractivity contribution < 1.29 is 0 Å². The summed E-state index contributed by atoms with van der Waals surface area (Å²) >= 11 is 3.31. The van der Waals surface area contributed by atoms with E-state index in [0.717, 1.165) is 0 Å². The molecule has 2 rings (SSSR count). The monoisotopic (exact) mass is 266 g/mol. The molecular weight excluding hydrogens is 254 g/mol. The molecule has 0 aliphatic heterocycles. The van der Waals surface area contributed by atoms with Gasteiger partial charge in [-0.15, -0.1) is 0 Å². The van der Waals surface area contributed by atoms with E-state index in [2.05, 4.69) is 75.8 Å². The number of hydrogen-bond acceptors (Lipinski definition) is 0. The molecule has 0 spiro atoms. The standard InChI is InChI=1S/C12H11PSe/c14-13(11-7-3-1-4-8-11)12-9-5-2-6-10-12/h1-10,13H. The van der Waals surface area contributed by atoms with Crippen LogP contribution < -0.4 is 10.6 Å². The Balaban J connectivity index is 2.35. The predicted molar refractivity (Wildman–Crippen MR) is 66.2 cm³/mol. The van der Waals surface area contributed by atoms with Crippen LogP contribution in [0.2, 0.25) is 0 Å². The van der Waals surface area contributed by atoms with Gasteiger partial charge >= 0.3 is 92.5 Å². The summed E-state index contributed by atoms with van der Waals surface area (Å²) in [5.74, 6) is 0. The van der Waals surface area contributed by atoms with E-state index >= 15 is 0 Å². The summed E-state index contributed by atoms with van der Waals surface area (Å²) in [6, 6.07) is 21.3. The van der Waals surface area contributed by atoms with Crippen molar-refractivity contribution in [1.82, 2.24) is 0 Å². The molecule has 0 nitrogen and oxygen atoms in total. The SMILES string of the molecule is [Se]=[PH](c1ccccc1)c1ccccc1. The number of hydrogen-bond donors (Lipinski definition) is 0. The van der Waals surface area contributed by atoms with E-state index in [1.807, 2.05) is 0 Å². The van der Waals surface area contributed by atoms with Crippen LogP contribution in [0.15, 0.2) is 60.7 Å². The molecule has 0 N–H and O–H groups in total. The Hall–Kier alpha value is -0.611. The molecule has 0 saturated heterocycles. The van der Waals surface area contributed by atoms with Crippen molar-refractivity contribution in [2.75, 3.05) is 0 Å². The second-order valence-electron chi connectivity index (χ2n) is 3.06. The van der Waals surface area contributed by atoms with E-state index in [1.54, 1.807) is 0 Å². The minimum absolute atomic E-state index is 0.670. The van der Waals surface area contributed by atoms with Crippen molar-refractivity contribution in [1.29, 1.82) is 0 Å². The molecule has 0 amide bonds. The molecule has 0 unspecified atom stereocenters. The molecule has 2 aromatic rings. The van der Waals surface area contributed by atoms with E-state index in [4.69, 9.17) is 0 Å². The molecule has 0 bridgehead atoms. The van der Waals surface area contributed by atoms with Gasteiger partial charge in [0.2, 0.25) is 0 Å². The van der Waals surface area contributed by atoms with Crippen molar-refractivity contribution >= 4 is 31.9 Å². The van der Waals surface area contributed by atoms with E-state index < -0.39 is 6.17 Å². The Kier molecular flexibility index (Phi) is 3.37. The van der Waals surface area contributed by atoms with Crippen molar-refractivity contribution in [3.05, 3.63) is 60.7 Å². The van der Waals surface area contributed by atoms with Crippen molar-refractivity contribution in [2.45, 2.75) is 0 Å². The summed E-state index contributed by atoms with van der Waals surface area (Å²) < 4.78 is 0. The van der Waals surface area contributed by atoms with Crippen molar-refractivity contribution in [3.8, 4) is 0 Å². The second-order valence-corrected chi connectivity index (χ2v) is 7.44. The third-order valence-corrected chi connectivity index (χ3v) is 6.75. The quantitative estimate of drug-likeness (QED) is 0.575. The Morgan fingerprint density at radius 2 is 1.00 bits per heavy atom. The fourth-order valence-electron chi connectivity index (χ4n) is 1.35. The van der Waals surface area contributed by atoms with Gasteiger partial charge < -0.3 is 0 Å². The molecule has 2 aromatic carbocycles. The average molecular weight is 265 g/mol. The van der Waals surface area contributed by atoms with E-state index in [1.165, 1.54) is 10.6 Å². The van der Waals surface area contributed by atoms with Crippen LogP contribution in [-0.4, -0.2) is 15.1 Å². The van der Waals surface area contributed by atoms with Gasteiger partial charge in [0, 0.05) is 0 Å². The molecule has 14 heavy (non-hydrogen) atoms. The molecular formula is C12H11PSe. The van der Waals surface area contributed by atoms with Crippen LogP contribution in [0, 0.1) is 0 Å². The zero-order valence-corrected chi connectivity index (χ0v) is 10.4. The zero-order valence-electron chi connectivity index (χ0n) is 7.68. The average Bonchev–Trinajstić information content (AvgIpc) is 2.30. The first-order valence-electron chi connectivity index (χ1n) is 4.53. The molecule has 0 atom stereocenters. The summed E-state index contributed by atoms with van der Waals surface area (Å²) in [5, 5.41) is 2.84. The summed E-state index contributed by atoms with van der Waals surface area (Å²) in [6.07, 6.45) is -0.670. The molecule has 0 saturated carbocycles. The fourth-order valence-corrected chi connectivity index (χ4v) is 4.38. The fraction of sp³-hybridized carbons (Fsp3) is 0. The normalized spacial score (nSPS) is 10.4. The predicted octanol–water partition coefficient (Wildman–Crippen LogP) is 1.94. The van der Waals surface area contributed by atoms with Gasteiger partial charge in [-0.3, -0.25) is 0 Å². The molecule has 0 heterocycles. The summed E-state index contributed by atoms with van der Waals surface area (Å²) in [7, 11) is 0. The second kappa shape index (κ2) is 4.75. The van der Waals surface area contributed by atoms with Gasteiger partial charge in [0.25, 0.3) is 0 Å². The summed E-state index contributed by atoms with van der Waals surface area (Å²) in [6.45, 7) is 0. The molecule has 2 heteroatoms. The molecule has 0 fully saturated rings. The van der Waals surface area contributed by atoms with E-state index in [9.17, 15) is 0 Å². The van der Waals surface area contributed by atoms with Gasteiger partial charge in [0.15, 0.2) is 0 Å². The third kappa shape index (κ3) is 2.25. The first-order valence-corrected chi connectivity index (χ1v) is 8.50. The van der Waals surface area contributed by atoms with Crippen molar-refractivity contribution in [3.63, 3.8) is 0 Å². The Morgan fingerprint density at radius 1 is 0.643 bits per heavy atom. The maximum atomic E-state index is 3.31. The third-order valence-electron chi connectivity index (χ3n) is 2.07. The van der Waals surface area contributed by atoms with Crippen LogP contribution in [0.1, 0.15) is 0 Å². The van der Waals surface area contributed by atoms with Gasteiger partial charge in [-0.25, -0.2) is 0 Å². The first-order chi connectivity index (χ1) is 6.88. The molecule has 0 radical (unpaired) electrons. The van der Waals surface area contributed by atoms with Gasteiger partial charge in [-0.05, 0) is 0 Å². The number of benzene rings is 2. The zero-order chi connectivity index (χ0) is 9.80. The van der Waals surface area contributed by atoms with Crippen molar-refractivity contribution in [2.24, 2.45) is 0 Å². The molecule has 0 aromatic heterocycles. The molecule has 70 valence electrons. The van der Waals surface area contributed by atoms with Crippen LogP contribution in [0.25, 0.3) is 0 Å². The van der Waals surface area contributed by atoms with Crippen LogP contribution in [0.5, 0.6) is 0 Å².